The Morgan fingerprint density at radius 2 is 1.77 bits per heavy atom. The summed E-state index contributed by atoms with van der Waals surface area (Å²) in [7, 11) is 0. The van der Waals surface area contributed by atoms with Gasteiger partial charge in [0.05, 0.1) is 11.3 Å². The molecule has 8 nitrogen and oxygen atoms in total. The third kappa shape index (κ3) is 5.23. The van der Waals surface area contributed by atoms with E-state index in [-0.39, 0.29) is 12.1 Å². The summed E-state index contributed by atoms with van der Waals surface area (Å²) in [5.74, 6) is -1.50. The molecule has 2 aromatic carbocycles. The minimum Gasteiger partial charge on any atom is -0.479 e. The fourth-order valence-corrected chi connectivity index (χ4v) is 2.28. The van der Waals surface area contributed by atoms with Gasteiger partial charge in [-0.15, -0.1) is 0 Å². The first-order valence-corrected chi connectivity index (χ1v) is 7.72. The highest BCUT2D eigenvalue weighted by Crippen LogP contribution is 2.19. The summed E-state index contributed by atoms with van der Waals surface area (Å²) >= 11 is 0. The van der Waals surface area contributed by atoms with E-state index in [9.17, 15) is 24.8 Å². The Labute approximate surface area is 149 Å². The number of nitrogens with zero attached hydrogens (tertiary/aromatic N) is 2. The van der Waals surface area contributed by atoms with E-state index in [1.54, 1.807) is 37.3 Å². The fraction of sp³-hybridized carbons (Fsp3) is 0.167. The highest BCUT2D eigenvalue weighted by molar-refractivity contribution is 6.06. The number of aliphatic imine (C=N–C) groups is 1. The molecule has 134 valence electrons. The van der Waals surface area contributed by atoms with Gasteiger partial charge < -0.3 is 10.4 Å². The van der Waals surface area contributed by atoms with Crippen LogP contribution in [-0.2, 0) is 9.59 Å². The molecular formula is C18H17N3O5. The maximum absolute atomic E-state index is 12.1. The smallest absolute Gasteiger partial charge is 0.333 e. The van der Waals surface area contributed by atoms with Crippen molar-refractivity contribution in [2.75, 3.05) is 5.32 Å². The van der Waals surface area contributed by atoms with Gasteiger partial charge in [-0.2, -0.15) is 0 Å². The number of carbonyl (C=O) groups is 2. The van der Waals surface area contributed by atoms with Crippen molar-refractivity contribution in [3.8, 4) is 0 Å². The third-order valence-corrected chi connectivity index (χ3v) is 3.48. The number of benzene rings is 2. The van der Waals surface area contributed by atoms with Crippen LogP contribution < -0.4 is 5.32 Å². The largest absolute Gasteiger partial charge is 0.479 e. The summed E-state index contributed by atoms with van der Waals surface area (Å²) in [5, 5.41) is 22.6. The summed E-state index contributed by atoms with van der Waals surface area (Å²) in [6, 6.07) is 12.9. The molecule has 8 heteroatoms. The number of anilines is 1. The third-order valence-electron chi connectivity index (χ3n) is 3.48. The number of carboxylic acid groups (broad SMARTS) is 1. The van der Waals surface area contributed by atoms with Crippen molar-refractivity contribution in [1.82, 2.24) is 0 Å². The lowest BCUT2D eigenvalue weighted by molar-refractivity contribution is -0.384. The molecule has 0 heterocycles. The van der Waals surface area contributed by atoms with Gasteiger partial charge in [-0.1, -0.05) is 30.3 Å². The molecule has 0 aliphatic rings. The summed E-state index contributed by atoms with van der Waals surface area (Å²) in [6.07, 6.45) is -0.0897. The van der Waals surface area contributed by atoms with Gasteiger partial charge in [0.25, 0.3) is 5.69 Å². The van der Waals surface area contributed by atoms with Crippen molar-refractivity contribution in [2.45, 2.75) is 19.4 Å². The lowest BCUT2D eigenvalue weighted by Crippen LogP contribution is -2.17. The summed E-state index contributed by atoms with van der Waals surface area (Å²) in [4.78, 5) is 37.7. The molecule has 0 aliphatic carbocycles. The monoisotopic (exact) mass is 355 g/mol. The highest BCUT2D eigenvalue weighted by atomic mass is 16.6. The maximum atomic E-state index is 12.1. The second-order valence-electron chi connectivity index (χ2n) is 5.54. The number of nitrogens with one attached hydrogen (secondary N) is 1. The number of hydrogen-bond donors (Lipinski definition) is 2. The van der Waals surface area contributed by atoms with Crippen LogP contribution in [0, 0.1) is 10.1 Å². The Morgan fingerprint density at radius 1 is 1.15 bits per heavy atom. The quantitative estimate of drug-likeness (QED) is 0.448. The molecular weight excluding hydrogens is 338 g/mol. The molecule has 0 saturated heterocycles. The van der Waals surface area contributed by atoms with Gasteiger partial charge in [0, 0.05) is 23.5 Å². The van der Waals surface area contributed by atoms with Crippen LogP contribution in [0.25, 0.3) is 0 Å². The molecule has 0 radical (unpaired) electrons. The first kappa shape index (κ1) is 18.8. The lowest BCUT2D eigenvalue weighted by atomic mass is 10.1. The number of nitro groups is 1. The van der Waals surface area contributed by atoms with Crippen LogP contribution in [0.3, 0.4) is 0 Å². The summed E-state index contributed by atoms with van der Waals surface area (Å²) in [6.45, 7) is 1.58. The normalized spacial score (nSPS) is 12.3. The predicted molar refractivity (Wildman–Crippen MR) is 96.3 cm³/mol. The zero-order valence-electron chi connectivity index (χ0n) is 14.0. The topological polar surface area (TPSA) is 122 Å². The zero-order chi connectivity index (χ0) is 19.1. The van der Waals surface area contributed by atoms with Crippen molar-refractivity contribution in [3.05, 3.63) is 70.3 Å². The Bertz CT molecular complexity index is 832. The van der Waals surface area contributed by atoms with Gasteiger partial charge in [-0.05, 0) is 24.6 Å². The van der Waals surface area contributed by atoms with Crippen LogP contribution >= 0.6 is 0 Å². The number of aliphatic carboxylic acids is 1. The van der Waals surface area contributed by atoms with E-state index in [1.807, 2.05) is 0 Å². The van der Waals surface area contributed by atoms with Crippen LogP contribution in [0.1, 0.15) is 24.9 Å². The van der Waals surface area contributed by atoms with Gasteiger partial charge in [0.15, 0.2) is 6.04 Å². The first-order chi connectivity index (χ1) is 12.4. The second-order valence-corrected chi connectivity index (χ2v) is 5.54. The Hall–Kier alpha value is -3.55. The summed E-state index contributed by atoms with van der Waals surface area (Å²) in [5.41, 5.74) is 1.22. The number of carbonyl (C=O) groups excluding carboxylic acids is 1. The number of carboxylic acids is 1. The molecule has 0 aromatic heterocycles. The van der Waals surface area contributed by atoms with Crippen molar-refractivity contribution < 1.29 is 19.6 Å². The van der Waals surface area contributed by atoms with Gasteiger partial charge in [0.1, 0.15) is 0 Å². The van der Waals surface area contributed by atoms with Crippen molar-refractivity contribution in [1.29, 1.82) is 0 Å². The Morgan fingerprint density at radius 3 is 2.31 bits per heavy atom. The SMILES string of the molecule is CC(CC(=O)Nc1ccc([N+](=O)[O-])cc1)=N[C@H](C(=O)O)c1ccccc1. The number of amides is 1. The van der Waals surface area contributed by atoms with E-state index in [4.69, 9.17) is 0 Å². The van der Waals surface area contributed by atoms with Crippen LogP contribution in [-0.4, -0.2) is 27.6 Å². The Kier molecular flexibility index (Phi) is 6.15. The van der Waals surface area contributed by atoms with E-state index < -0.39 is 22.8 Å². The fourth-order valence-electron chi connectivity index (χ4n) is 2.28. The van der Waals surface area contributed by atoms with Crippen LogP contribution in [0.15, 0.2) is 59.6 Å². The lowest BCUT2D eigenvalue weighted by Gasteiger charge is -2.10. The maximum Gasteiger partial charge on any atom is 0.333 e. The van der Waals surface area contributed by atoms with Crippen LogP contribution in [0.4, 0.5) is 11.4 Å². The van der Waals surface area contributed by atoms with E-state index in [0.29, 0.717) is 17.0 Å². The molecule has 26 heavy (non-hydrogen) atoms. The first-order valence-electron chi connectivity index (χ1n) is 7.72. The van der Waals surface area contributed by atoms with Crippen LogP contribution in [0.2, 0.25) is 0 Å². The van der Waals surface area contributed by atoms with Gasteiger partial charge >= 0.3 is 5.97 Å². The molecule has 0 aliphatic heterocycles. The minimum absolute atomic E-state index is 0.0760. The van der Waals surface area contributed by atoms with Crippen molar-refractivity contribution in [2.24, 2.45) is 4.99 Å². The standard InChI is InChI=1S/C18H17N3O5/c1-12(19-17(18(23)24)13-5-3-2-4-6-13)11-16(22)20-14-7-9-15(10-8-14)21(25)26/h2-10,17H,11H2,1H3,(H,20,22)(H,23,24)/t17-/m0/s1. The van der Waals surface area contributed by atoms with Gasteiger partial charge in [0.2, 0.25) is 5.91 Å². The van der Waals surface area contributed by atoms with E-state index in [1.165, 1.54) is 24.3 Å². The van der Waals surface area contributed by atoms with E-state index in [0.717, 1.165) is 0 Å². The van der Waals surface area contributed by atoms with Crippen LogP contribution in [0.5, 0.6) is 0 Å². The number of rotatable bonds is 7. The minimum atomic E-state index is -1.11. The average Bonchev–Trinajstić information content (AvgIpc) is 2.60. The van der Waals surface area contributed by atoms with Crippen molar-refractivity contribution in [3.63, 3.8) is 0 Å². The molecule has 1 atom stereocenters. The number of non-ortho nitro benzene ring substituents is 1. The molecule has 0 saturated carbocycles. The molecule has 0 fully saturated rings. The summed E-state index contributed by atoms with van der Waals surface area (Å²) < 4.78 is 0. The molecule has 2 rings (SSSR count). The number of nitro benzene ring substituents is 1. The molecule has 2 N–H and O–H groups in total. The number of hydrogen-bond acceptors (Lipinski definition) is 5. The predicted octanol–water partition coefficient (Wildman–Crippen LogP) is 3.21. The van der Waals surface area contributed by atoms with Gasteiger partial charge in [-0.3, -0.25) is 19.9 Å². The highest BCUT2D eigenvalue weighted by Gasteiger charge is 2.19. The molecule has 2 aromatic rings. The van der Waals surface area contributed by atoms with E-state index in [2.05, 4.69) is 10.3 Å². The zero-order valence-corrected chi connectivity index (χ0v) is 14.0. The molecule has 0 spiro atoms. The average molecular weight is 355 g/mol. The van der Waals surface area contributed by atoms with E-state index >= 15 is 0 Å². The van der Waals surface area contributed by atoms with Crippen molar-refractivity contribution >= 4 is 29.0 Å². The molecule has 0 bridgehead atoms. The molecule has 1 amide bonds. The second kappa shape index (κ2) is 8.52. The van der Waals surface area contributed by atoms with Gasteiger partial charge in [-0.25, -0.2) is 4.79 Å². The molecule has 0 unspecified atom stereocenters. The Balaban J connectivity index is 2.03.